The van der Waals surface area contributed by atoms with Crippen LogP contribution in [0.1, 0.15) is 11.4 Å². The van der Waals surface area contributed by atoms with Gasteiger partial charge in [-0.25, -0.2) is 14.4 Å². The maximum atomic E-state index is 14.2. The third-order valence-corrected chi connectivity index (χ3v) is 4.47. The summed E-state index contributed by atoms with van der Waals surface area (Å²) < 4.78 is 21.1. The minimum atomic E-state index is -1.43. The van der Waals surface area contributed by atoms with Gasteiger partial charge in [-0.3, -0.25) is 10.3 Å². The van der Waals surface area contributed by atoms with Crippen LogP contribution in [-0.4, -0.2) is 22.5 Å². The lowest BCUT2D eigenvalue weighted by Crippen LogP contribution is -2.52. The highest BCUT2D eigenvalue weighted by Crippen LogP contribution is 2.29. The van der Waals surface area contributed by atoms with Crippen molar-refractivity contribution in [3.63, 3.8) is 0 Å². The van der Waals surface area contributed by atoms with Crippen LogP contribution >= 0.6 is 0 Å². The number of hydrogen-bond acceptors (Lipinski definition) is 6. The molecule has 4 rings (SSSR count). The molecule has 2 aromatic carbocycles. The van der Waals surface area contributed by atoms with Crippen LogP contribution in [0.3, 0.4) is 0 Å². The Balaban J connectivity index is 1.81. The fraction of sp³-hybridized carbons (Fsp3) is 0.158. The first-order valence-electron chi connectivity index (χ1n) is 8.34. The topological polar surface area (TPSA) is 103 Å². The largest absolute Gasteiger partial charge is 0.494 e. The van der Waals surface area contributed by atoms with Crippen LogP contribution in [0.5, 0.6) is 5.75 Å². The van der Waals surface area contributed by atoms with Crippen molar-refractivity contribution in [2.24, 2.45) is 16.5 Å². The lowest BCUT2D eigenvalue weighted by Gasteiger charge is -2.33. The molecule has 0 spiro atoms. The Kier molecular flexibility index (Phi) is 3.85. The first-order valence-corrected chi connectivity index (χ1v) is 8.34. The van der Waals surface area contributed by atoms with E-state index in [0.29, 0.717) is 11.4 Å². The molecular weight excluding hydrogens is 347 g/mol. The van der Waals surface area contributed by atoms with Crippen molar-refractivity contribution in [1.29, 1.82) is 0 Å². The van der Waals surface area contributed by atoms with E-state index in [1.807, 2.05) is 35.8 Å². The van der Waals surface area contributed by atoms with E-state index in [1.54, 1.807) is 12.1 Å². The molecule has 3 aromatic rings. The highest BCUT2D eigenvalue weighted by molar-refractivity contribution is 5.98. The highest BCUT2D eigenvalue weighted by Gasteiger charge is 2.32. The van der Waals surface area contributed by atoms with Gasteiger partial charge in [-0.2, -0.15) is 0 Å². The molecule has 7 nitrogen and oxygen atoms in total. The molecule has 1 unspecified atom stereocenters. The molecule has 138 valence electrons. The molecule has 0 radical (unpaired) electrons. The van der Waals surface area contributed by atoms with Crippen molar-refractivity contribution >= 4 is 22.7 Å². The smallest absolute Gasteiger partial charge is 0.212 e. The SMILES string of the molecule is COc1ccc(C2(N)N=C(N)C=C(n3c(C)nc4ccccc43)N2)cc1F. The van der Waals surface area contributed by atoms with Gasteiger partial charge in [-0.1, -0.05) is 12.1 Å². The van der Waals surface area contributed by atoms with Gasteiger partial charge < -0.3 is 15.8 Å². The molecule has 1 atom stereocenters. The number of halogens is 1. The number of hydrogen-bond donors (Lipinski definition) is 3. The van der Waals surface area contributed by atoms with E-state index in [-0.39, 0.29) is 11.6 Å². The van der Waals surface area contributed by atoms with Crippen molar-refractivity contribution in [1.82, 2.24) is 14.9 Å². The summed E-state index contributed by atoms with van der Waals surface area (Å²) in [7, 11) is 1.40. The number of methoxy groups -OCH3 is 1. The third kappa shape index (κ3) is 2.80. The van der Waals surface area contributed by atoms with Crippen molar-refractivity contribution in [2.75, 3.05) is 7.11 Å². The number of nitrogens with two attached hydrogens (primary N) is 2. The number of ether oxygens (including phenoxy) is 1. The van der Waals surface area contributed by atoms with Crippen molar-refractivity contribution in [3.05, 3.63) is 65.7 Å². The number of fused-ring (bicyclic) bond motifs is 1. The summed E-state index contributed by atoms with van der Waals surface area (Å²) in [4.78, 5) is 8.85. The average Bonchev–Trinajstić information content (AvgIpc) is 2.96. The summed E-state index contributed by atoms with van der Waals surface area (Å²) in [5.74, 6) is -0.253. The Labute approximate surface area is 155 Å². The minimum Gasteiger partial charge on any atom is -0.494 e. The average molecular weight is 366 g/mol. The number of benzene rings is 2. The van der Waals surface area contributed by atoms with Crippen LogP contribution in [0.15, 0.2) is 53.5 Å². The monoisotopic (exact) mass is 366 g/mol. The Morgan fingerprint density at radius 3 is 2.74 bits per heavy atom. The van der Waals surface area contributed by atoms with Gasteiger partial charge in [0.25, 0.3) is 0 Å². The van der Waals surface area contributed by atoms with E-state index in [0.717, 1.165) is 16.9 Å². The molecule has 0 aliphatic carbocycles. The van der Waals surface area contributed by atoms with Crippen molar-refractivity contribution in [3.8, 4) is 5.75 Å². The normalized spacial score (nSPS) is 19.4. The molecule has 0 bridgehead atoms. The van der Waals surface area contributed by atoms with Gasteiger partial charge in [0.1, 0.15) is 17.5 Å². The summed E-state index contributed by atoms with van der Waals surface area (Å²) in [6.07, 6.45) is 1.67. The zero-order valence-corrected chi connectivity index (χ0v) is 14.9. The molecule has 1 aliphatic heterocycles. The summed E-state index contributed by atoms with van der Waals surface area (Å²) >= 11 is 0. The Morgan fingerprint density at radius 1 is 1.22 bits per heavy atom. The summed E-state index contributed by atoms with van der Waals surface area (Å²) in [5.41, 5.74) is 14.6. The maximum Gasteiger partial charge on any atom is 0.212 e. The van der Waals surface area contributed by atoms with E-state index in [9.17, 15) is 4.39 Å². The predicted octanol–water partition coefficient (Wildman–Crippen LogP) is 2.02. The van der Waals surface area contributed by atoms with Crippen LogP contribution in [0.4, 0.5) is 4.39 Å². The second-order valence-electron chi connectivity index (χ2n) is 6.29. The number of aliphatic imine (C=N–C) groups is 1. The summed E-state index contributed by atoms with van der Waals surface area (Å²) in [6, 6.07) is 12.2. The quantitative estimate of drug-likeness (QED) is 0.658. The second kappa shape index (κ2) is 6.10. The first-order chi connectivity index (χ1) is 12.9. The molecule has 1 aromatic heterocycles. The number of nitrogens with one attached hydrogen (secondary N) is 1. The molecule has 0 fully saturated rings. The van der Waals surface area contributed by atoms with Gasteiger partial charge in [0.2, 0.25) is 5.79 Å². The van der Waals surface area contributed by atoms with Gasteiger partial charge in [0, 0.05) is 11.6 Å². The van der Waals surface area contributed by atoms with Crippen LogP contribution in [0, 0.1) is 12.7 Å². The van der Waals surface area contributed by atoms with Crippen LogP contribution < -0.4 is 21.5 Å². The van der Waals surface area contributed by atoms with E-state index >= 15 is 0 Å². The van der Waals surface area contributed by atoms with Gasteiger partial charge in [-0.15, -0.1) is 0 Å². The first kappa shape index (κ1) is 17.0. The van der Waals surface area contributed by atoms with E-state index in [2.05, 4.69) is 15.3 Å². The van der Waals surface area contributed by atoms with E-state index in [4.69, 9.17) is 16.2 Å². The zero-order chi connectivity index (χ0) is 19.2. The predicted molar refractivity (Wildman–Crippen MR) is 102 cm³/mol. The van der Waals surface area contributed by atoms with E-state index < -0.39 is 11.6 Å². The van der Waals surface area contributed by atoms with Gasteiger partial charge in [-0.05, 0) is 37.3 Å². The molecule has 0 saturated carbocycles. The third-order valence-electron chi connectivity index (χ3n) is 4.47. The number of amidine groups is 1. The molecule has 27 heavy (non-hydrogen) atoms. The molecule has 1 aliphatic rings. The lowest BCUT2D eigenvalue weighted by molar-refractivity contribution is 0.378. The fourth-order valence-corrected chi connectivity index (χ4v) is 3.25. The van der Waals surface area contributed by atoms with Gasteiger partial charge in [0.05, 0.1) is 18.1 Å². The number of imidazole rings is 1. The molecule has 0 amide bonds. The van der Waals surface area contributed by atoms with Crippen molar-refractivity contribution in [2.45, 2.75) is 12.7 Å². The molecule has 0 saturated heterocycles. The Bertz CT molecular complexity index is 1100. The number of rotatable bonds is 3. The number of aromatic nitrogens is 2. The number of para-hydroxylation sites is 2. The molecule has 2 heterocycles. The van der Waals surface area contributed by atoms with Gasteiger partial charge in [0.15, 0.2) is 11.6 Å². The van der Waals surface area contributed by atoms with E-state index in [1.165, 1.54) is 19.2 Å². The molecule has 8 heteroatoms. The number of nitrogens with zero attached hydrogens (tertiary/aromatic N) is 3. The standard InChI is InChI=1S/C19H19FN6O/c1-11-23-14-5-3-4-6-15(14)26(11)18-10-17(21)24-19(22,25-18)12-7-8-16(27-2)13(20)9-12/h3-10,25H,22H2,1-2H3,(H2,21,24). The maximum absolute atomic E-state index is 14.2. The summed E-state index contributed by atoms with van der Waals surface area (Å²) in [5, 5.41) is 3.16. The molecule has 5 N–H and O–H groups in total. The van der Waals surface area contributed by atoms with Gasteiger partial charge >= 0.3 is 0 Å². The highest BCUT2D eigenvalue weighted by atomic mass is 19.1. The Morgan fingerprint density at radius 2 is 2.00 bits per heavy atom. The lowest BCUT2D eigenvalue weighted by atomic mass is 10.1. The number of aryl methyl sites for hydroxylation is 1. The summed E-state index contributed by atoms with van der Waals surface area (Å²) in [6.45, 7) is 1.88. The minimum absolute atomic E-state index is 0.127. The fourth-order valence-electron chi connectivity index (χ4n) is 3.25. The van der Waals surface area contributed by atoms with Crippen LogP contribution in [0.2, 0.25) is 0 Å². The second-order valence-corrected chi connectivity index (χ2v) is 6.29. The van der Waals surface area contributed by atoms with Crippen LogP contribution in [-0.2, 0) is 5.79 Å². The zero-order valence-electron chi connectivity index (χ0n) is 14.9. The van der Waals surface area contributed by atoms with Crippen molar-refractivity contribution < 1.29 is 9.13 Å². The van der Waals surface area contributed by atoms with Crippen LogP contribution in [0.25, 0.3) is 16.9 Å². The molecular formula is C19H19FN6O. The Hall–Kier alpha value is -3.39.